The number of hydrogen-bond donors (Lipinski definition) is 2. The van der Waals surface area contributed by atoms with Crippen LogP contribution in [-0.2, 0) is 22.4 Å². The number of ether oxygens (including phenoxy) is 1. The number of carbonyl (C=O) groups excluding carboxylic acids is 2. The fourth-order valence-corrected chi connectivity index (χ4v) is 3.83. The highest BCUT2D eigenvalue weighted by atomic mass is 32.1. The molecule has 1 aromatic rings. The minimum atomic E-state index is -0.472. The Hall–Kier alpha value is -1.40. The number of carbonyl (C=O) groups is 2. The molecule has 0 saturated heterocycles. The summed E-state index contributed by atoms with van der Waals surface area (Å²) in [5.41, 5.74) is 6.95. The molecule has 6 heteroatoms. The van der Waals surface area contributed by atoms with Gasteiger partial charge in [-0.05, 0) is 30.7 Å². The molecule has 2 amide bonds. The summed E-state index contributed by atoms with van der Waals surface area (Å²) >= 11 is 1.46. The second-order valence-electron chi connectivity index (χ2n) is 4.90. The first-order valence-electron chi connectivity index (χ1n) is 6.26. The van der Waals surface area contributed by atoms with Crippen LogP contribution in [0.4, 0.5) is 5.00 Å². The van der Waals surface area contributed by atoms with Crippen LogP contribution in [0.2, 0.25) is 0 Å². The van der Waals surface area contributed by atoms with Gasteiger partial charge in [0.1, 0.15) is 11.6 Å². The summed E-state index contributed by atoms with van der Waals surface area (Å²) < 4.78 is 4.77. The number of primary amides is 1. The first-order chi connectivity index (χ1) is 9.02. The molecule has 3 N–H and O–H groups in total. The van der Waals surface area contributed by atoms with E-state index in [9.17, 15) is 9.59 Å². The SMILES string of the molecule is COCC(=O)Nc1sc2c(c1C(N)=O)CC[C@@H](C)C2. The second-order valence-corrected chi connectivity index (χ2v) is 6.01. The van der Waals surface area contributed by atoms with Gasteiger partial charge in [0, 0.05) is 12.0 Å². The van der Waals surface area contributed by atoms with Crippen molar-refractivity contribution in [2.24, 2.45) is 11.7 Å². The molecule has 19 heavy (non-hydrogen) atoms. The first-order valence-corrected chi connectivity index (χ1v) is 7.07. The van der Waals surface area contributed by atoms with Crippen molar-refractivity contribution in [2.75, 3.05) is 19.0 Å². The molecule has 2 rings (SSSR count). The third-order valence-electron chi connectivity index (χ3n) is 3.29. The molecule has 0 spiro atoms. The predicted molar refractivity (Wildman–Crippen MR) is 74.5 cm³/mol. The van der Waals surface area contributed by atoms with Crippen molar-refractivity contribution in [3.63, 3.8) is 0 Å². The van der Waals surface area contributed by atoms with Crippen molar-refractivity contribution >= 4 is 28.2 Å². The van der Waals surface area contributed by atoms with Crippen LogP contribution in [0, 0.1) is 5.92 Å². The molecule has 5 nitrogen and oxygen atoms in total. The van der Waals surface area contributed by atoms with Crippen LogP contribution in [-0.4, -0.2) is 25.5 Å². The molecule has 104 valence electrons. The molecule has 1 atom stereocenters. The van der Waals surface area contributed by atoms with Gasteiger partial charge in [-0.25, -0.2) is 0 Å². The van der Waals surface area contributed by atoms with E-state index in [0.29, 0.717) is 16.5 Å². The quantitative estimate of drug-likeness (QED) is 0.879. The molecule has 0 aromatic carbocycles. The zero-order valence-electron chi connectivity index (χ0n) is 11.1. The molecule has 1 heterocycles. The van der Waals surface area contributed by atoms with E-state index in [4.69, 9.17) is 10.5 Å². The van der Waals surface area contributed by atoms with Crippen LogP contribution < -0.4 is 11.1 Å². The third-order valence-corrected chi connectivity index (χ3v) is 4.46. The summed E-state index contributed by atoms with van der Waals surface area (Å²) in [5, 5.41) is 3.28. The number of thiophene rings is 1. The number of amides is 2. The molecule has 1 aliphatic carbocycles. The standard InChI is InChI=1S/C13H18N2O3S/c1-7-3-4-8-9(5-7)19-13(11(8)12(14)17)15-10(16)6-18-2/h7H,3-6H2,1-2H3,(H2,14,17)(H,15,16)/t7-/m1/s1. The minimum Gasteiger partial charge on any atom is -0.375 e. The largest absolute Gasteiger partial charge is 0.375 e. The first kappa shape index (κ1) is 14.0. The van der Waals surface area contributed by atoms with Gasteiger partial charge >= 0.3 is 0 Å². The van der Waals surface area contributed by atoms with Crippen molar-refractivity contribution in [3.05, 3.63) is 16.0 Å². The molecule has 1 aliphatic rings. The number of hydrogen-bond acceptors (Lipinski definition) is 4. The average Bonchev–Trinajstić information content (AvgIpc) is 2.65. The highest BCUT2D eigenvalue weighted by Crippen LogP contribution is 2.39. The number of nitrogens with two attached hydrogens (primary N) is 1. The van der Waals surface area contributed by atoms with Crippen molar-refractivity contribution in [1.82, 2.24) is 0 Å². The molecule has 0 saturated carbocycles. The third kappa shape index (κ3) is 2.96. The maximum absolute atomic E-state index is 11.6. The van der Waals surface area contributed by atoms with Gasteiger partial charge in [-0.3, -0.25) is 9.59 Å². The van der Waals surface area contributed by atoms with E-state index in [-0.39, 0.29) is 12.5 Å². The van der Waals surface area contributed by atoms with Gasteiger partial charge < -0.3 is 15.8 Å². The van der Waals surface area contributed by atoms with E-state index >= 15 is 0 Å². The smallest absolute Gasteiger partial charge is 0.251 e. The number of methoxy groups -OCH3 is 1. The van der Waals surface area contributed by atoms with Crippen LogP contribution >= 0.6 is 11.3 Å². The Morgan fingerprint density at radius 1 is 1.53 bits per heavy atom. The monoisotopic (exact) mass is 282 g/mol. The van der Waals surface area contributed by atoms with Gasteiger partial charge in [-0.15, -0.1) is 11.3 Å². The Labute approximate surface area is 116 Å². The average molecular weight is 282 g/mol. The summed E-state index contributed by atoms with van der Waals surface area (Å²) in [5.74, 6) is -0.134. The molecule has 0 unspecified atom stereocenters. The lowest BCUT2D eigenvalue weighted by atomic mass is 9.88. The van der Waals surface area contributed by atoms with Gasteiger partial charge in [-0.2, -0.15) is 0 Å². The van der Waals surface area contributed by atoms with E-state index in [2.05, 4.69) is 12.2 Å². The van der Waals surface area contributed by atoms with Crippen LogP contribution in [0.5, 0.6) is 0 Å². The van der Waals surface area contributed by atoms with E-state index in [1.165, 1.54) is 23.3 Å². The van der Waals surface area contributed by atoms with Crippen LogP contribution in [0.3, 0.4) is 0 Å². The summed E-state index contributed by atoms with van der Waals surface area (Å²) in [6.45, 7) is 2.16. The van der Waals surface area contributed by atoms with Crippen LogP contribution in [0.1, 0.15) is 34.1 Å². The summed E-state index contributed by atoms with van der Waals surface area (Å²) in [7, 11) is 1.45. The van der Waals surface area contributed by atoms with Gasteiger partial charge in [0.25, 0.3) is 11.8 Å². The van der Waals surface area contributed by atoms with E-state index in [1.54, 1.807) is 0 Å². The van der Waals surface area contributed by atoms with E-state index < -0.39 is 5.91 Å². The highest BCUT2D eigenvalue weighted by Gasteiger charge is 2.27. The summed E-state index contributed by atoms with van der Waals surface area (Å²) in [6, 6.07) is 0. The molecular weight excluding hydrogens is 264 g/mol. The molecule has 1 aromatic heterocycles. The zero-order valence-corrected chi connectivity index (χ0v) is 11.9. The summed E-state index contributed by atoms with van der Waals surface area (Å²) in [6.07, 6.45) is 2.85. The predicted octanol–water partition coefficient (Wildman–Crippen LogP) is 1.56. The Balaban J connectivity index is 2.32. The van der Waals surface area contributed by atoms with E-state index in [0.717, 1.165) is 24.8 Å². The van der Waals surface area contributed by atoms with Crippen molar-refractivity contribution in [1.29, 1.82) is 0 Å². The Morgan fingerprint density at radius 3 is 2.89 bits per heavy atom. The molecular formula is C13H18N2O3S. The molecule has 0 bridgehead atoms. The Morgan fingerprint density at radius 2 is 2.26 bits per heavy atom. The lowest BCUT2D eigenvalue weighted by molar-refractivity contribution is -0.119. The Kier molecular flexibility index (Phi) is 4.21. The lowest BCUT2D eigenvalue weighted by Crippen LogP contribution is -2.21. The minimum absolute atomic E-state index is 0.0306. The zero-order chi connectivity index (χ0) is 14.0. The number of anilines is 1. The molecule has 0 radical (unpaired) electrons. The second kappa shape index (κ2) is 5.71. The number of rotatable bonds is 4. The normalized spacial score (nSPS) is 17.9. The Bertz CT molecular complexity index is 510. The van der Waals surface area contributed by atoms with E-state index in [1.807, 2.05) is 0 Å². The van der Waals surface area contributed by atoms with Gasteiger partial charge in [0.2, 0.25) is 0 Å². The fourth-order valence-electron chi connectivity index (χ4n) is 2.39. The van der Waals surface area contributed by atoms with Gasteiger partial charge in [0.05, 0.1) is 5.56 Å². The maximum Gasteiger partial charge on any atom is 0.251 e. The van der Waals surface area contributed by atoms with Crippen LogP contribution in [0.15, 0.2) is 0 Å². The number of nitrogens with one attached hydrogen (secondary N) is 1. The van der Waals surface area contributed by atoms with Crippen LogP contribution in [0.25, 0.3) is 0 Å². The topological polar surface area (TPSA) is 81.4 Å². The van der Waals surface area contributed by atoms with Crippen molar-refractivity contribution in [3.8, 4) is 0 Å². The molecule has 0 fully saturated rings. The molecule has 0 aliphatic heterocycles. The number of fused-ring (bicyclic) bond motifs is 1. The fraction of sp³-hybridized carbons (Fsp3) is 0.538. The van der Waals surface area contributed by atoms with Gasteiger partial charge in [-0.1, -0.05) is 6.92 Å². The van der Waals surface area contributed by atoms with Gasteiger partial charge in [0.15, 0.2) is 0 Å². The van der Waals surface area contributed by atoms with Crippen molar-refractivity contribution in [2.45, 2.75) is 26.2 Å². The lowest BCUT2D eigenvalue weighted by Gasteiger charge is -2.18. The highest BCUT2D eigenvalue weighted by molar-refractivity contribution is 7.17. The summed E-state index contributed by atoms with van der Waals surface area (Å²) in [4.78, 5) is 24.4. The van der Waals surface area contributed by atoms with Crippen molar-refractivity contribution < 1.29 is 14.3 Å². The maximum atomic E-state index is 11.6.